The lowest BCUT2D eigenvalue weighted by atomic mass is 10.2. The van der Waals surface area contributed by atoms with Gasteiger partial charge in [0.25, 0.3) is 0 Å². The third-order valence-corrected chi connectivity index (χ3v) is 4.12. The van der Waals surface area contributed by atoms with Crippen LogP contribution in [0.2, 0.25) is 5.02 Å². The van der Waals surface area contributed by atoms with E-state index in [0.29, 0.717) is 11.4 Å². The highest BCUT2D eigenvalue weighted by Gasteiger charge is 2.09. The molecule has 2 N–H and O–H groups in total. The molecule has 18 heavy (non-hydrogen) atoms. The highest BCUT2D eigenvalue weighted by atomic mass is 35.5. The Hall–Kier alpha value is -0.620. The summed E-state index contributed by atoms with van der Waals surface area (Å²) in [4.78, 5) is 0. The second-order valence-corrected chi connectivity index (χ2v) is 6.44. The third-order valence-electron chi connectivity index (χ3n) is 2.48. The second-order valence-electron chi connectivity index (χ2n) is 4.08. The Morgan fingerprint density at radius 1 is 1.28 bits per heavy atom. The second kappa shape index (κ2) is 7.74. The van der Waals surface area contributed by atoms with Gasteiger partial charge in [0.05, 0.1) is 5.75 Å². The van der Waals surface area contributed by atoms with Crippen LogP contribution in [0.15, 0.2) is 24.3 Å². The van der Waals surface area contributed by atoms with E-state index in [2.05, 4.69) is 10.0 Å². The minimum Gasteiger partial charge on any atom is -0.320 e. The maximum atomic E-state index is 11.7. The number of unbranched alkanes of at least 4 members (excludes halogenated alkanes) is 1. The summed E-state index contributed by atoms with van der Waals surface area (Å²) in [6, 6.07) is 7.16. The van der Waals surface area contributed by atoms with Crippen LogP contribution in [0.3, 0.4) is 0 Å². The summed E-state index contributed by atoms with van der Waals surface area (Å²) in [6.07, 6.45) is 1.51. The van der Waals surface area contributed by atoms with Crippen molar-refractivity contribution in [3.8, 4) is 0 Å². The van der Waals surface area contributed by atoms with E-state index in [4.69, 9.17) is 11.6 Å². The highest BCUT2D eigenvalue weighted by Crippen LogP contribution is 2.10. The van der Waals surface area contributed by atoms with Crippen LogP contribution in [-0.4, -0.2) is 27.8 Å². The lowest BCUT2D eigenvalue weighted by molar-refractivity contribution is 0.575. The monoisotopic (exact) mass is 290 g/mol. The van der Waals surface area contributed by atoms with Gasteiger partial charge in [0, 0.05) is 11.6 Å². The normalized spacial score (nSPS) is 11.7. The molecule has 0 radical (unpaired) electrons. The molecule has 0 spiro atoms. The van der Waals surface area contributed by atoms with Crippen LogP contribution < -0.4 is 10.0 Å². The van der Waals surface area contributed by atoms with Crippen LogP contribution in [0, 0.1) is 0 Å². The van der Waals surface area contributed by atoms with Crippen LogP contribution in [-0.2, 0) is 16.6 Å². The van der Waals surface area contributed by atoms with Crippen molar-refractivity contribution in [3.05, 3.63) is 34.9 Å². The van der Waals surface area contributed by atoms with E-state index in [9.17, 15) is 8.42 Å². The van der Waals surface area contributed by atoms with Crippen LogP contribution in [0.5, 0.6) is 0 Å². The van der Waals surface area contributed by atoms with Gasteiger partial charge in [-0.3, -0.25) is 0 Å². The average Bonchev–Trinajstić information content (AvgIpc) is 2.33. The maximum absolute atomic E-state index is 11.7. The third kappa shape index (κ3) is 6.35. The van der Waals surface area contributed by atoms with E-state index in [1.807, 2.05) is 13.1 Å². The first-order chi connectivity index (χ1) is 8.53. The van der Waals surface area contributed by atoms with Crippen molar-refractivity contribution in [2.24, 2.45) is 0 Å². The minimum absolute atomic E-state index is 0.162. The molecule has 0 bridgehead atoms. The minimum atomic E-state index is -3.19. The smallest absolute Gasteiger partial charge is 0.211 e. The van der Waals surface area contributed by atoms with Crippen molar-refractivity contribution >= 4 is 21.6 Å². The highest BCUT2D eigenvalue weighted by molar-refractivity contribution is 7.89. The Bertz CT molecular complexity index is 463. The standard InChI is InChI=1S/C12H19ClN2O2S/c1-14-7-2-3-8-18(16,17)15-10-11-5-4-6-12(13)9-11/h4-6,9,14-15H,2-3,7-8,10H2,1H3. The summed E-state index contributed by atoms with van der Waals surface area (Å²) in [5, 5.41) is 3.60. The van der Waals surface area contributed by atoms with Gasteiger partial charge in [0.15, 0.2) is 0 Å². The number of hydrogen-bond acceptors (Lipinski definition) is 3. The number of hydrogen-bond donors (Lipinski definition) is 2. The van der Waals surface area contributed by atoms with Crippen molar-refractivity contribution in [1.82, 2.24) is 10.0 Å². The Morgan fingerprint density at radius 2 is 2.06 bits per heavy atom. The molecule has 0 heterocycles. The van der Waals surface area contributed by atoms with Gasteiger partial charge in [0.2, 0.25) is 10.0 Å². The van der Waals surface area contributed by atoms with E-state index in [1.165, 1.54) is 0 Å². The fourth-order valence-electron chi connectivity index (χ4n) is 1.51. The van der Waals surface area contributed by atoms with Gasteiger partial charge in [-0.15, -0.1) is 0 Å². The number of sulfonamides is 1. The molecule has 0 aliphatic carbocycles. The summed E-state index contributed by atoms with van der Waals surface area (Å²) in [5.74, 6) is 0.162. The van der Waals surface area contributed by atoms with Crippen molar-refractivity contribution in [2.45, 2.75) is 19.4 Å². The Balaban J connectivity index is 2.37. The Labute approximate surface area is 114 Å². The van der Waals surface area contributed by atoms with Gasteiger partial charge in [-0.1, -0.05) is 23.7 Å². The largest absolute Gasteiger partial charge is 0.320 e. The molecule has 0 saturated heterocycles. The van der Waals surface area contributed by atoms with Gasteiger partial charge in [0.1, 0.15) is 0 Å². The van der Waals surface area contributed by atoms with E-state index in [0.717, 1.165) is 18.5 Å². The molecular weight excluding hydrogens is 272 g/mol. The molecule has 0 aromatic heterocycles. The first-order valence-electron chi connectivity index (χ1n) is 5.90. The fourth-order valence-corrected chi connectivity index (χ4v) is 2.83. The van der Waals surface area contributed by atoms with Crippen molar-refractivity contribution < 1.29 is 8.42 Å². The van der Waals surface area contributed by atoms with E-state index in [1.54, 1.807) is 18.2 Å². The summed E-state index contributed by atoms with van der Waals surface area (Å²) in [5.41, 5.74) is 0.862. The molecule has 4 nitrogen and oxygen atoms in total. The van der Waals surface area contributed by atoms with E-state index >= 15 is 0 Å². The van der Waals surface area contributed by atoms with Crippen LogP contribution >= 0.6 is 11.6 Å². The fraction of sp³-hybridized carbons (Fsp3) is 0.500. The van der Waals surface area contributed by atoms with Crippen LogP contribution in [0.25, 0.3) is 0 Å². The molecule has 0 saturated carbocycles. The van der Waals surface area contributed by atoms with Gasteiger partial charge < -0.3 is 5.32 Å². The van der Waals surface area contributed by atoms with Crippen molar-refractivity contribution in [2.75, 3.05) is 19.3 Å². The summed E-state index contributed by atoms with van der Waals surface area (Å²) in [6.45, 7) is 1.12. The van der Waals surface area contributed by atoms with Gasteiger partial charge in [-0.2, -0.15) is 0 Å². The number of halogens is 1. The molecule has 1 rings (SSSR count). The molecule has 0 atom stereocenters. The summed E-state index contributed by atoms with van der Waals surface area (Å²) < 4.78 is 25.9. The molecule has 1 aromatic rings. The molecule has 0 amide bonds. The maximum Gasteiger partial charge on any atom is 0.211 e. The molecule has 0 fully saturated rings. The number of benzene rings is 1. The van der Waals surface area contributed by atoms with E-state index < -0.39 is 10.0 Å². The topological polar surface area (TPSA) is 58.2 Å². The van der Waals surface area contributed by atoms with Crippen LogP contribution in [0.1, 0.15) is 18.4 Å². The first kappa shape index (κ1) is 15.4. The molecule has 102 valence electrons. The van der Waals surface area contributed by atoms with E-state index in [-0.39, 0.29) is 12.3 Å². The lowest BCUT2D eigenvalue weighted by Gasteiger charge is -2.07. The summed E-state index contributed by atoms with van der Waals surface area (Å²) in [7, 11) is -1.34. The predicted molar refractivity (Wildman–Crippen MR) is 75.2 cm³/mol. The molecular formula is C12H19ClN2O2S. The SMILES string of the molecule is CNCCCCS(=O)(=O)NCc1cccc(Cl)c1. The molecule has 6 heteroatoms. The number of nitrogens with one attached hydrogen (secondary N) is 2. The summed E-state index contributed by atoms with van der Waals surface area (Å²) >= 11 is 5.83. The van der Waals surface area contributed by atoms with Crippen molar-refractivity contribution in [3.63, 3.8) is 0 Å². The predicted octanol–water partition coefficient (Wildman–Crippen LogP) is 1.76. The zero-order chi connectivity index (χ0) is 13.4. The Morgan fingerprint density at radius 3 is 2.72 bits per heavy atom. The lowest BCUT2D eigenvalue weighted by Crippen LogP contribution is -2.26. The molecule has 0 unspecified atom stereocenters. The number of rotatable bonds is 8. The van der Waals surface area contributed by atoms with Crippen LogP contribution in [0.4, 0.5) is 0 Å². The molecule has 0 aliphatic heterocycles. The van der Waals surface area contributed by atoms with Gasteiger partial charge in [-0.05, 0) is 44.1 Å². The first-order valence-corrected chi connectivity index (χ1v) is 7.93. The zero-order valence-electron chi connectivity index (χ0n) is 10.4. The van der Waals surface area contributed by atoms with Gasteiger partial charge in [-0.25, -0.2) is 13.1 Å². The average molecular weight is 291 g/mol. The molecule has 1 aromatic carbocycles. The van der Waals surface area contributed by atoms with Gasteiger partial charge >= 0.3 is 0 Å². The molecule has 0 aliphatic rings. The zero-order valence-corrected chi connectivity index (χ0v) is 12.0. The quantitative estimate of drug-likeness (QED) is 0.717. The Kier molecular flexibility index (Phi) is 6.63. The van der Waals surface area contributed by atoms with Crippen molar-refractivity contribution in [1.29, 1.82) is 0 Å².